The molecule has 1 unspecified atom stereocenters. The Morgan fingerprint density at radius 3 is 1.74 bits per heavy atom. The summed E-state index contributed by atoms with van der Waals surface area (Å²) in [4.78, 5) is 10.3. The second-order valence-corrected chi connectivity index (χ2v) is 5.87. The summed E-state index contributed by atoms with van der Waals surface area (Å²) in [6.07, 6.45) is 11.7. The zero-order valence-electron chi connectivity index (χ0n) is 11.9. The van der Waals surface area contributed by atoms with E-state index in [1.807, 2.05) is 0 Å². The number of carboxylic acid groups (broad SMARTS) is 1. The number of carbonyl (C=O) groups is 1. The van der Waals surface area contributed by atoms with Gasteiger partial charge in [-0.15, -0.1) is 0 Å². The van der Waals surface area contributed by atoms with Crippen LogP contribution in [0.5, 0.6) is 0 Å². The van der Waals surface area contributed by atoms with Crippen molar-refractivity contribution >= 4 is 21.9 Å². The van der Waals surface area contributed by atoms with E-state index in [1.54, 1.807) is 0 Å². The van der Waals surface area contributed by atoms with E-state index in [-0.39, 0.29) is 0 Å². The van der Waals surface area contributed by atoms with E-state index in [2.05, 4.69) is 15.9 Å². The Kier molecular flexibility index (Phi) is 14.2. The Hall–Kier alpha value is -0.120. The van der Waals surface area contributed by atoms with E-state index >= 15 is 0 Å². The maximum atomic E-state index is 12.9. The Balaban J connectivity index is 3.01. The molecule has 0 heterocycles. The van der Waals surface area contributed by atoms with Crippen LogP contribution in [0.1, 0.15) is 77.0 Å². The smallest absolute Gasteiger partial charge is 0.303 e. The van der Waals surface area contributed by atoms with Crippen LogP contribution < -0.4 is 0 Å². The van der Waals surface area contributed by atoms with Crippen LogP contribution in [0.25, 0.3) is 0 Å². The van der Waals surface area contributed by atoms with E-state index < -0.39 is 12.1 Å². The summed E-state index contributed by atoms with van der Waals surface area (Å²) >= 11 is 3.14. The van der Waals surface area contributed by atoms with Crippen LogP contribution in [-0.2, 0) is 4.79 Å². The van der Waals surface area contributed by atoms with Crippen molar-refractivity contribution in [1.29, 1.82) is 0 Å². The van der Waals surface area contributed by atoms with Crippen molar-refractivity contribution in [3.63, 3.8) is 0 Å². The quantitative estimate of drug-likeness (QED) is 0.336. The lowest BCUT2D eigenvalue weighted by Crippen LogP contribution is -2.00. The summed E-state index contributed by atoms with van der Waals surface area (Å²) in [7, 11) is 0. The Bertz CT molecular complexity index is 212. The fourth-order valence-corrected chi connectivity index (χ4v) is 2.46. The molecule has 19 heavy (non-hydrogen) atoms. The second kappa shape index (κ2) is 14.3. The van der Waals surface area contributed by atoms with E-state index in [1.165, 1.54) is 32.1 Å². The van der Waals surface area contributed by atoms with Gasteiger partial charge in [-0.05, 0) is 12.8 Å². The predicted molar refractivity (Wildman–Crippen MR) is 81.7 cm³/mol. The minimum Gasteiger partial charge on any atom is -0.481 e. The van der Waals surface area contributed by atoms with Gasteiger partial charge in [0.15, 0.2) is 0 Å². The van der Waals surface area contributed by atoms with E-state index in [9.17, 15) is 9.18 Å². The van der Waals surface area contributed by atoms with Crippen LogP contribution in [0.2, 0.25) is 0 Å². The van der Waals surface area contributed by atoms with Gasteiger partial charge in [-0.3, -0.25) is 4.79 Å². The van der Waals surface area contributed by atoms with E-state index in [4.69, 9.17) is 5.11 Å². The zero-order chi connectivity index (χ0) is 14.3. The van der Waals surface area contributed by atoms with E-state index in [0.717, 1.165) is 32.1 Å². The molecule has 114 valence electrons. The van der Waals surface area contributed by atoms with Gasteiger partial charge in [-0.25, -0.2) is 4.39 Å². The summed E-state index contributed by atoms with van der Waals surface area (Å²) < 4.78 is 12.9. The molecule has 0 saturated heterocycles. The molecule has 0 radical (unpaired) electrons. The molecule has 1 N–H and O–H groups in total. The molecule has 2 nitrogen and oxygen atoms in total. The van der Waals surface area contributed by atoms with Gasteiger partial charge in [-0.2, -0.15) is 0 Å². The van der Waals surface area contributed by atoms with Gasteiger partial charge < -0.3 is 5.11 Å². The number of aliphatic carboxylic acids is 1. The zero-order valence-corrected chi connectivity index (χ0v) is 13.5. The molecular formula is C15H28BrFO2. The largest absolute Gasteiger partial charge is 0.481 e. The topological polar surface area (TPSA) is 37.3 Å². The molecule has 0 spiro atoms. The highest BCUT2D eigenvalue weighted by Gasteiger charge is 2.02. The molecular weight excluding hydrogens is 311 g/mol. The first-order valence-electron chi connectivity index (χ1n) is 7.58. The van der Waals surface area contributed by atoms with Crippen LogP contribution in [0, 0.1) is 0 Å². The molecule has 0 aliphatic rings. The molecule has 0 aliphatic heterocycles. The van der Waals surface area contributed by atoms with Gasteiger partial charge in [0.25, 0.3) is 0 Å². The molecule has 0 saturated carbocycles. The number of alkyl halides is 2. The monoisotopic (exact) mass is 338 g/mol. The lowest BCUT2D eigenvalue weighted by atomic mass is 10.0. The third-order valence-electron chi connectivity index (χ3n) is 3.33. The molecule has 0 rings (SSSR count). The van der Waals surface area contributed by atoms with Gasteiger partial charge in [0.2, 0.25) is 0 Å². The Morgan fingerprint density at radius 1 is 0.895 bits per heavy atom. The summed E-state index contributed by atoms with van der Waals surface area (Å²) in [6.45, 7) is 0. The number of carboxylic acids is 1. The van der Waals surface area contributed by atoms with Crippen molar-refractivity contribution < 1.29 is 14.3 Å². The molecule has 4 heteroatoms. The summed E-state index contributed by atoms with van der Waals surface area (Å²) in [5.74, 6) is -0.685. The number of unbranched alkanes of at least 4 members (excludes halogenated alkanes) is 9. The number of hydrogen-bond acceptors (Lipinski definition) is 1. The Labute approximate surface area is 125 Å². The van der Waals surface area contributed by atoms with Crippen LogP contribution in [0.4, 0.5) is 4.39 Å². The first kappa shape index (κ1) is 18.9. The van der Waals surface area contributed by atoms with Crippen LogP contribution in [0.3, 0.4) is 0 Å². The third kappa shape index (κ3) is 15.8. The number of halogens is 2. The van der Waals surface area contributed by atoms with Gasteiger partial charge in [0.1, 0.15) is 6.17 Å². The summed E-state index contributed by atoms with van der Waals surface area (Å²) in [6, 6.07) is 0. The average Bonchev–Trinajstić information content (AvgIpc) is 2.39. The molecule has 0 bridgehead atoms. The molecule has 0 aromatic rings. The van der Waals surface area contributed by atoms with Gasteiger partial charge in [-0.1, -0.05) is 73.7 Å². The summed E-state index contributed by atoms with van der Waals surface area (Å²) in [5.41, 5.74) is 0. The van der Waals surface area contributed by atoms with Gasteiger partial charge >= 0.3 is 5.97 Å². The maximum Gasteiger partial charge on any atom is 0.303 e. The average molecular weight is 339 g/mol. The summed E-state index contributed by atoms with van der Waals surface area (Å²) in [5, 5.41) is 8.95. The molecule has 0 fully saturated rings. The fourth-order valence-electron chi connectivity index (χ4n) is 2.13. The van der Waals surface area contributed by atoms with Crippen LogP contribution in [0.15, 0.2) is 0 Å². The van der Waals surface area contributed by atoms with Gasteiger partial charge in [0.05, 0.1) is 0 Å². The van der Waals surface area contributed by atoms with Crippen LogP contribution in [-0.4, -0.2) is 22.6 Å². The SMILES string of the molecule is O=C(O)CCCCCCCCCCCCC(F)CBr. The Morgan fingerprint density at radius 2 is 1.32 bits per heavy atom. The second-order valence-electron chi connectivity index (χ2n) is 5.22. The fraction of sp³-hybridized carbons (Fsp3) is 0.933. The molecule has 0 amide bonds. The lowest BCUT2D eigenvalue weighted by Gasteiger charge is -2.04. The van der Waals surface area contributed by atoms with E-state index in [0.29, 0.717) is 18.2 Å². The molecule has 0 aliphatic carbocycles. The number of rotatable bonds is 14. The normalized spacial score (nSPS) is 12.5. The van der Waals surface area contributed by atoms with Gasteiger partial charge in [0, 0.05) is 11.8 Å². The first-order valence-corrected chi connectivity index (χ1v) is 8.70. The standard InChI is InChI=1S/C15H28BrFO2/c16-13-14(17)11-9-7-5-3-1-2-4-6-8-10-12-15(18)19/h14H,1-13H2,(H,18,19). The molecule has 0 aromatic carbocycles. The van der Waals surface area contributed by atoms with Crippen molar-refractivity contribution in [2.24, 2.45) is 0 Å². The third-order valence-corrected chi connectivity index (χ3v) is 4.03. The highest BCUT2D eigenvalue weighted by atomic mass is 79.9. The lowest BCUT2D eigenvalue weighted by molar-refractivity contribution is -0.137. The van der Waals surface area contributed by atoms with Crippen molar-refractivity contribution in [3.05, 3.63) is 0 Å². The van der Waals surface area contributed by atoms with Crippen LogP contribution >= 0.6 is 15.9 Å². The minimum absolute atomic E-state index is 0.309. The maximum absolute atomic E-state index is 12.9. The minimum atomic E-state index is -0.685. The molecule has 1 atom stereocenters. The number of hydrogen-bond donors (Lipinski definition) is 1. The highest BCUT2D eigenvalue weighted by Crippen LogP contribution is 2.13. The molecule has 0 aromatic heterocycles. The highest BCUT2D eigenvalue weighted by molar-refractivity contribution is 9.09. The van der Waals surface area contributed by atoms with Crippen molar-refractivity contribution in [2.45, 2.75) is 83.2 Å². The van der Waals surface area contributed by atoms with Crippen molar-refractivity contribution in [2.75, 3.05) is 5.33 Å². The predicted octanol–water partition coefficient (Wildman–Crippen LogP) is 5.49. The first-order chi connectivity index (χ1) is 9.16. The van der Waals surface area contributed by atoms with Crippen molar-refractivity contribution in [3.8, 4) is 0 Å². The van der Waals surface area contributed by atoms with Crippen molar-refractivity contribution in [1.82, 2.24) is 0 Å².